The number of hydrogen-bond donors (Lipinski definition) is 3. The minimum Gasteiger partial charge on any atom is -0.357 e. The number of halogens is 3. The fourth-order valence-electron chi connectivity index (χ4n) is 3.63. The van der Waals surface area contributed by atoms with Crippen molar-refractivity contribution in [3.05, 3.63) is 35.4 Å². The van der Waals surface area contributed by atoms with Crippen LogP contribution in [0.4, 0.5) is 8.78 Å². The van der Waals surface area contributed by atoms with Gasteiger partial charge in [-0.2, -0.15) is 0 Å². The van der Waals surface area contributed by atoms with Gasteiger partial charge in [0, 0.05) is 37.2 Å². The standard InChI is InChI=1S/C21H30F2N4O.HI/c1-2-24-21(25-11-10-14-6-7-16(22)13-19(14)23)27-18-5-3-4-15(12-18)20(28)26-17-8-9-17;/h6-7,13,15,17-18H,2-5,8-12H2,1H3,(H,26,28)(H2,24,25,27);1H. The molecule has 1 amide bonds. The largest absolute Gasteiger partial charge is 0.357 e. The summed E-state index contributed by atoms with van der Waals surface area (Å²) in [6.07, 6.45) is 6.37. The lowest BCUT2D eigenvalue weighted by molar-refractivity contribution is -0.126. The lowest BCUT2D eigenvalue weighted by Gasteiger charge is -2.30. The normalized spacial score (nSPS) is 21.8. The molecule has 1 aromatic carbocycles. The second-order valence-electron chi connectivity index (χ2n) is 7.73. The Morgan fingerprint density at radius 2 is 1.93 bits per heavy atom. The first-order valence-electron chi connectivity index (χ1n) is 10.3. The smallest absolute Gasteiger partial charge is 0.223 e. The summed E-state index contributed by atoms with van der Waals surface area (Å²) in [6, 6.07) is 4.22. The van der Waals surface area contributed by atoms with Gasteiger partial charge in [0.05, 0.1) is 0 Å². The Balaban J connectivity index is 0.00000300. The van der Waals surface area contributed by atoms with Crippen LogP contribution in [0.3, 0.4) is 0 Å². The molecule has 2 unspecified atom stereocenters. The molecular formula is C21H31F2IN4O. The van der Waals surface area contributed by atoms with Gasteiger partial charge >= 0.3 is 0 Å². The number of nitrogens with zero attached hydrogens (tertiary/aromatic N) is 1. The van der Waals surface area contributed by atoms with Gasteiger partial charge in [-0.25, -0.2) is 8.78 Å². The van der Waals surface area contributed by atoms with Crippen molar-refractivity contribution in [1.29, 1.82) is 0 Å². The highest BCUT2D eigenvalue weighted by atomic mass is 127. The minimum atomic E-state index is -0.572. The highest BCUT2D eigenvalue weighted by Crippen LogP contribution is 2.26. The topological polar surface area (TPSA) is 65.5 Å². The number of rotatable bonds is 7. The first kappa shape index (κ1) is 23.8. The fraction of sp³-hybridized carbons (Fsp3) is 0.619. The Bertz CT molecular complexity index is 712. The number of amides is 1. The van der Waals surface area contributed by atoms with Crippen LogP contribution in [0.25, 0.3) is 0 Å². The van der Waals surface area contributed by atoms with E-state index in [1.807, 2.05) is 6.92 Å². The molecule has 0 aromatic heterocycles. The Kier molecular flexibility index (Phi) is 9.58. The van der Waals surface area contributed by atoms with Crippen LogP contribution in [-0.2, 0) is 11.2 Å². The van der Waals surface area contributed by atoms with Crippen LogP contribution in [0.15, 0.2) is 23.2 Å². The zero-order valence-electron chi connectivity index (χ0n) is 16.8. The van der Waals surface area contributed by atoms with E-state index in [-0.39, 0.29) is 41.8 Å². The minimum absolute atomic E-state index is 0. The summed E-state index contributed by atoms with van der Waals surface area (Å²) >= 11 is 0. The molecule has 3 rings (SSSR count). The van der Waals surface area contributed by atoms with Crippen LogP contribution in [-0.4, -0.2) is 37.0 Å². The highest BCUT2D eigenvalue weighted by Gasteiger charge is 2.31. The second kappa shape index (κ2) is 11.7. The fourth-order valence-corrected chi connectivity index (χ4v) is 3.63. The third-order valence-corrected chi connectivity index (χ3v) is 5.32. The second-order valence-corrected chi connectivity index (χ2v) is 7.73. The summed E-state index contributed by atoms with van der Waals surface area (Å²) in [6.45, 7) is 3.11. The molecule has 2 aliphatic carbocycles. The van der Waals surface area contributed by atoms with Crippen LogP contribution >= 0.6 is 24.0 Å². The zero-order chi connectivity index (χ0) is 19.9. The van der Waals surface area contributed by atoms with Gasteiger partial charge in [0.15, 0.2) is 5.96 Å². The maximum Gasteiger partial charge on any atom is 0.223 e. The van der Waals surface area contributed by atoms with Gasteiger partial charge in [0.1, 0.15) is 11.6 Å². The molecule has 162 valence electrons. The number of hydrogen-bond acceptors (Lipinski definition) is 2. The summed E-state index contributed by atoms with van der Waals surface area (Å²) in [5.74, 6) is -0.189. The molecule has 2 aliphatic rings. The van der Waals surface area contributed by atoms with E-state index in [4.69, 9.17) is 0 Å². The van der Waals surface area contributed by atoms with E-state index in [2.05, 4.69) is 20.9 Å². The molecule has 8 heteroatoms. The quantitative estimate of drug-likeness (QED) is 0.293. The number of benzene rings is 1. The van der Waals surface area contributed by atoms with E-state index in [9.17, 15) is 13.6 Å². The molecule has 2 saturated carbocycles. The Morgan fingerprint density at radius 1 is 1.14 bits per heavy atom. The van der Waals surface area contributed by atoms with Gasteiger partial charge < -0.3 is 16.0 Å². The number of guanidine groups is 1. The predicted molar refractivity (Wildman–Crippen MR) is 122 cm³/mol. The average molecular weight is 520 g/mol. The monoisotopic (exact) mass is 520 g/mol. The van der Waals surface area contributed by atoms with Gasteiger partial charge in [-0.3, -0.25) is 9.79 Å². The summed E-state index contributed by atoms with van der Waals surface area (Å²) < 4.78 is 26.8. The van der Waals surface area contributed by atoms with Gasteiger partial charge in [0.25, 0.3) is 0 Å². The van der Waals surface area contributed by atoms with Crippen molar-refractivity contribution in [3.63, 3.8) is 0 Å². The maximum absolute atomic E-state index is 13.8. The lowest BCUT2D eigenvalue weighted by Crippen LogP contribution is -2.47. The zero-order valence-corrected chi connectivity index (χ0v) is 19.2. The Hall–Kier alpha value is -1.45. The summed E-state index contributed by atoms with van der Waals surface area (Å²) in [5.41, 5.74) is 0.454. The first-order chi connectivity index (χ1) is 13.5. The summed E-state index contributed by atoms with van der Waals surface area (Å²) in [5, 5.41) is 9.75. The van der Waals surface area contributed by atoms with Gasteiger partial charge in [-0.05, 0) is 57.1 Å². The predicted octanol–water partition coefficient (Wildman–Crippen LogP) is 3.52. The van der Waals surface area contributed by atoms with Crippen molar-refractivity contribution in [2.45, 2.75) is 64.0 Å². The van der Waals surface area contributed by atoms with Crippen LogP contribution in [0, 0.1) is 17.6 Å². The molecule has 5 nitrogen and oxygen atoms in total. The molecule has 2 atom stereocenters. The highest BCUT2D eigenvalue weighted by molar-refractivity contribution is 14.0. The number of carbonyl (C=O) groups excluding carboxylic acids is 1. The van der Waals surface area contributed by atoms with Crippen molar-refractivity contribution in [2.24, 2.45) is 10.9 Å². The molecule has 0 aliphatic heterocycles. The molecule has 2 fully saturated rings. The average Bonchev–Trinajstić information content (AvgIpc) is 3.48. The molecule has 0 bridgehead atoms. The first-order valence-corrected chi connectivity index (χ1v) is 10.3. The van der Waals surface area contributed by atoms with Crippen molar-refractivity contribution >= 4 is 35.8 Å². The van der Waals surface area contributed by atoms with Crippen LogP contribution in [0.5, 0.6) is 0 Å². The van der Waals surface area contributed by atoms with E-state index < -0.39 is 11.6 Å². The molecule has 0 saturated heterocycles. The van der Waals surface area contributed by atoms with E-state index >= 15 is 0 Å². The van der Waals surface area contributed by atoms with Crippen molar-refractivity contribution in [3.8, 4) is 0 Å². The van der Waals surface area contributed by atoms with Gasteiger partial charge in [-0.15, -0.1) is 24.0 Å². The third-order valence-electron chi connectivity index (χ3n) is 5.32. The van der Waals surface area contributed by atoms with Crippen LogP contribution in [0.1, 0.15) is 51.0 Å². The molecule has 1 aromatic rings. The molecule has 3 N–H and O–H groups in total. The summed E-state index contributed by atoms with van der Waals surface area (Å²) in [4.78, 5) is 16.9. The Morgan fingerprint density at radius 3 is 2.62 bits per heavy atom. The van der Waals surface area contributed by atoms with Crippen molar-refractivity contribution in [1.82, 2.24) is 16.0 Å². The molecule has 0 heterocycles. The Labute approximate surface area is 188 Å². The van der Waals surface area contributed by atoms with E-state index in [1.165, 1.54) is 12.1 Å². The van der Waals surface area contributed by atoms with Crippen LogP contribution < -0.4 is 16.0 Å². The third kappa shape index (κ3) is 7.71. The molecule has 0 spiro atoms. The van der Waals surface area contributed by atoms with Crippen molar-refractivity contribution < 1.29 is 13.6 Å². The van der Waals surface area contributed by atoms with Crippen molar-refractivity contribution in [2.75, 3.05) is 13.1 Å². The maximum atomic E-state index is 13.8. The SMILES string of the molecule is CCNC(=NCCc1ccc(F)cc1F)NC1CCCC(C(=O)NC2CC2)C1.I. The summed E-state index contributed by atoms with van der Waals surface area (Å²) in [7, 11) is 0. The van der Waals surface area contributed by atoms with Gasteiger partial charge in [-0.1, -0.05) is 12.5 Å². The molecule has 0 radical (unpaired) electrons. The molecule has 29 heavy (non-hydrogen) atoms. The van der Waals surface area contributed by atoms with E-state index in [1.54, 1.807) is 0 Å². The van der Waals surface area contributed by atoms with E-state index in [0.29, 0.717) is 30.5 Å². The van der Waals surface area contributed by atoms with Gasteiger partial charge in [0.2, 0.25) is 5.91 Å². The van der Waals surface area contributed by atoms with E-state index in [0.717, 1.165) is 51.1 Å². The number of nitrogens with one attached hydrogen (secondary N) is 3. The number of aliphatic imine (C=N–C) groups is 1. The molecular weight excluding hydrogens is 489 g/mol. The number of carbonyl (C=O) groups is 1. The lowest BCUT2D eigenvalue weighted by atomic mass is 9.85. The van der Waals surface area contributed by atoms with Crippen LogP contribution in [0.2, 0.25) is 0 Å².